The van der Waals surface area contributed by atoms with Gasteiger partial charge in [0.25, 0.3) is 0 Å². The summed E-state index contributed by atoms with van der Waals surface area (Å²) >= 11 is 1.45. The van der Waals surface area contributed by atoms with E-state index in [-0.39, 0.29) is 5.91 Å². The van der Waals surface area contributed by atoms with E-state index in [9.17, 15) is 4.79 Å². The van der Waals surface area contributed by atoms with Crippen LogP contribution in [0.2, 0.25) is 0 Å². The van der Waals surface area contributed by atoms with Crippen LogP contribution in [0.4, 0.5) is 11.6 Å². The number of carbonyl (C=O) groups excluding carboxylic acids is 1. The number of thioether (sulfide) groups is 1. The first kappa shape index (κ1) is 23.3. The Morgan fingerprint density at radius 3 is 2.42 bits per heavy atom. The van der Waals surface area contributed by atoms with Crippen LogP contribution < -0.4 is 10.2 Å². The number of amides is 1. The van der Waals surface area contributed by atoms with Crippen LogP contribution in [-0.2, 0) is 16.1 Å². The van der Waals surface area contributed by atoms with Crippen LogP contribution >= 0.6 is 11.8 Å². The van der Waals surface area contributed by atoms with Crippen molar-refractivity contribution in [3.05, 3.63) is 65.7 Å². The number of anilines is 2. The summed E-state index contributed by atoms with van der Waals surface area (Å²) in [6.45, 7) is 10.1. The summed E-state index contributed by atoms with van der Waals surface area (Å²) in [7, 11) is 0. The van der Waals surface area contributed by atoms with Gasteiger partial charge < -0.3 is 15.0 Å². The summed E-state index contributed by atoms with van der Waals surface area (Å²) < 4.78 is 7.66. The summed E-state index contributed by atoms with van der Waals surface area (Å²) in [6.07, 6.45) is 0. The quantitative estimate of drug-likeness (QED) is 0.492. The minimum Gasteiger partial charge on any atom is -0.378 e. The number of aryl methyl sites for hydroxylation is 1. The molecule has 2 heterocycles. The van der Waals surface area contributed by atoms with Crippen molar-refractivity contribution in [1.82, 2.24) is 14.8 Å². The molecule has 174 valence electrons. The highest BCUT2D eigenvalue weighted by atomic mass is 32.2. The Kier molecular flexibility index (Phi) is 7.67. The topological polar surface area (TPSA) is 72.3 Å². The summed E-state index contributed by atoms with van der Waals surface area (Å²) in [5.41, 5.74) is 2.86. The highest BCUT2D eigenvalue weighted by molar-refractivity contribution is 8.00. The van der Waals surface area contributed by atoms with Gasteiger partial charge in [-0.3, -0.25) is 9.36 Å². The zero-order chi connectivity index (χ0) is 23.2. The van der Waals surface area contributed by atoms with Gasteiger partial charge in [0.1, 0.15) is 5.25 Å². The van der Waals surface area contributed by atoms with Gasteiger partial charge in [-0.05, 0) is 30.5 Å². The molecular formula is C25H31N5O2S. The molecule has 0 bridgehead atoms. The van der Waals surface area contributed by atoms with Gasteiger partial charge in [0.15, 0.2) is 5.16 Å². The molecule has 4 rings (SSSR count). The van der Waals surface area contributed by atoms with E-state index in [1.165, 1.54) is 11.8 Å². The predicted octanol–water partition coefficient (Wildman–Crippen LogP) is 4.55. The fraction of sp³-hybridized carbons (Fsp3) is 0.400. The Balaban J connectivity index is 1.63. The largest absolute Gasteiger partial charge is 0.378 e. The third kappa shape index (κ3) is 5.94. The van der Waals surface area contributed by atoms with Crippen molar-refractivity contribution in [2.24, 2.45) is 5.92 Å². The van der Waals surface area contributed by atoms with E-state index in [0.29, 0.717) is 19.1 Å². The Hall–Kier alpha value is -2.84. The van der Waals surface area contributed by atoms with Crippen LogP contribution in [0.25, 0.3) is 0 Å². The maximum atomic E-state index is 13.4. The maximum absolute atomic E-state index is 13.4. The predicted molar refractivity (Wildman–Crippen MR) is 133 cm³/mol. The number of morpholine rings is 1. The lowest BCUT2D eigenvalue weighted by atomic mass is 10.1. The summed E-state index contributed by atoms with van der Waals surface area (Å²) in [4.78, 5) is 15.6. The molecule has 1 atom stereocenters. The molecule has 1 amide bonds. The van der Waals surface area contributed by atoms with Crippen molar-refractivity contribution in [3.63, 3.8) is 0 Å². The van der Waals surface area contributed by atoms with E-state index >= 15 is 0 Å². The van der Waals surface area contributed by atoms with Crippen molar-refractivity contribution in [1.29, 1.82) is 0 Å². The Bertz CT molecular complexity index is 1050. The van der Waals surface area contributed by atoms with Crippen LogP contribution in [0.3, 0.4) is 0 Å². The second-order valence-electron chi connectivity index (χ2n) is 8.65. The highest BCUT2D eigenvalue weighted by Crippen LogP contribution is 2.37. The van der Waals surface area contributed by atoms with Gasteiger partial charge in [-0.25, -0.2) is 0 Å². The van der Waals surface area contributed by atoms with E-state index in [1.54, 1.807) is 0 Å². The second kappa shape index (κ2) is 10.9. The van der Waals surface area contributed by atoms with Crippen LogP contribution in [-0.4, -0.2) is 47.0 Å². The molecule has 0 spiro atoms. The number of ether oxygens (including phenoxy) is 1. The van der Waals surface area contributed by atoms with Crippen LogP contribution in [0.5, 0.6) is 0 Å². The lowest BCUT2D eigenvalue weighted by Crippen LogP contribution is -2.38. The fourth-order valence-electron chi connectivity index (χ4n) is 3.74. The zero-order valence-corrected chi connectivity index (χ0v) is 20.2. The number of nitrogens with zero attached hydrogens (tertiary/aromatic N) is 4. The second-order valence-corrected chi connectivity index (χ2v) is 9.72. The molecule has 1 aliphatic heterocycles. The summed E-state index contributed by atoms with van der Waals surface area (Å²) in [5, 5.41) is 12.4. The Labute approximate surface area is 199 Å². The van der Waals surface area contributed by atoms with Crippen molar-refractivity contribution >= 4 is 29.3 Å². The molecule has 33 heavy (non-hydrogen) atoms. The van der Waals surface area contributed by atoms with Gasteiger partial charge in [-0.1, -0.05) is 73.6 Å². The van der Waals surface area contributed by atoms with E-state index < -0.39 is 5.25 Å². The molecule has 1 aromatic heterocycles. The van der Waals surface area contributed by atoms with Gasteiger partial charge in [-0.15, -0.1) is 10.2 Å². The first-order chi connectivity index (χ1) is 16.0. The average Bonchev–Trinajstić information content (AvgIpc) is 3.21. The number of nitrogens with one attached hydrogen (secondary N) is 1. The normalized spacial score (nSPS) is 15.0. The fourth-order valence-corrected chi connectivity index (χ4v) is 4.78. The third-order valence-corrected chi connectivity index (χ3v) is 6.66. The Morgan fingerprint density at radius 2 is 1.76 bits per heavy atom. The summed E-state index contributed by atoms with van der Waals surface area (Å²) in [6, 6.07) is 17.7. The van der Waals surface area contributed by atoms with Crippen molar-refractivity contribution in [3.8, 4) is 0 Å². The van der Waals surface area contributed by atoms with Gasteiger partial charge in [0.05, 0.1) is 13.2 Å². The lowest BCUT2D eigenvalue weighted by Gasteiger charge is -2.28. The molecule has 1 fully saturated rings. The van der Waals surface area contributed by atoms with Gasteiger partial charge in [-0.2, -0.15) is 0 Å². The minimum absolute atomic E-state index is 0.0814. The molecule has 8 heteroatoms. The van der Waals surface area contributed by atoms with Gasteiger partial charge >= 0.3 is 0 Å². The van der Waals surface area contributed by atoms with Crippen molar-refractivity contribution in [2.45, 2.75) is 37.7 Å². The molecule has 0 saturated carbocycles. The molecule has 1 saturated heterocycles. The van der Waals surface area contributed by atoms with Crippen LogP contribution in [0.15, 0.2) is 59.8 Å². The molecule has 7 nitrogen and oxygen atoms in total. The van der Waals surface area contributed by atoms with Gasteiger partial charge in [0.2, 0.25) is 11.9 Å². The van der Waals surface area contributed by atoms with E-state index in [4.69, 9.17) is 4.74 Å². The first-order valence-electron chi connectivity index (χ1n) is 11.4. The number of hydrogen-bond donors (Lipinski definition) is 1. The molecule has 3 aromatic rings. The molecular weight excluding hydrogens is 434 g/mol. The molecule has 2 aromatic carbocycles. The monoisotopic (exact) mass is 465 g/mol. The van der Waals surface area contributed by atoms with E-state index in [0.717, 1.165) is 47.6 Å². The highest BCUT2D eigenvalue weighted by Gasteiger charge is 2.28. The standard InChI is InChI=1S/C25H31N5O2S/c1-18(2)17-30-24(29-13-15-32-16-14-29)27-28-25(30)33-22(20-7-5-4-6-8-20)23(31)26-21-11-9-19(3)10-12-21/h4-12,18,22H,13-17H2,1-3H3,(H,26,31). The number of carbonyl (C=O) groups is 1. The lowest BCUT2D eigenvalue weighted by molar-refractivity contribution is -0.115. The van der Waals surface area contributed by atoms with Crippen LogP contribution in [0.1, 0.15) is 30.2 Å². The minimum atomic E-state index is -0.458. The molecule has 0 aliphatic carbocycles. The smallest absolute Gasteiger partial charge is 0.242 e. The molecule has 0 radical (unpaired) electrons. The Morgan fingerprint density at radius 1 is 1.06 bits per heavy atom. The van der Waals surface area contributed by atoms with Crippen LogP contribution in [0, 0.1) is 12.8 Å². The molecule has 1 aliphatic rings. The number of benzene rings is 2. The number of rotatable bonds is 8. The summed E-state index contributed by atoms with van der Waals surface area (Å²) in [5.74, 6) is 1.18. The third-order valence-electron chi connectivity index (χ3n) is 5.42. The SMILES string of the molecule is Cc1ccc(NC(=O)C(Sc2nnc(N3CCOCC3)n2CC(C)C)c2ccccc2)cc1. The van der Waals surface area contributed by atoms with Crippen molar-refractivity contribution in [2.75, 3.05) is 36.5 Å². The number of hydrogen-bond acceptors (Lipinski definition) is 6. The molecule has 1 N–H and O–H groups in total. The van der Waals surface area contributed by atoms with Gasteiger partial charge in [0, 0.05) is 25.3 Å². The first-order valence-corrected chi connectivity index (χ1v) is 12.2. The maximum Gasteiger partial charge on any atom is 0.242 e. The van der Waals surface area contributed by atoms with E-state index in [1.807, 2.05) is 61.5 Å². The number of aromatic nitrogens is 3. The van der Waals surface area contributed by atoms with E-state index in [2.05, 4.69) is 38.8 Å². The van der Waals surface area contributed by atoms with Crippen molar-refractivity contribution < 1.29 is 9.53 Å². The molecule has 1 unspecified atom stereocenters. The average molecular weight is 466 g/mol. The zero-order valence-electron chi connectivity index (χ0n) is 19.4.